The molecule has 86 valence electrons. The first-order valence-corrected chi connectivity index (χ1v) is 5.64. The summed E-state index contributed by atoms with van der Waals surface area (Å²) in [4.78, 5) is 0. The number of aliphatic hydroxyl groups is 1. The van der Waals surface area contributed by atoms with Crippen LogP contribution in [0.15, 0.2) is 12.7 Å². The van der Waals surface area contributed by atoms with Crippen LogP contribution in [0.5, 0.6) is 0 Å². The summed E-state index contributed by atoms with van der Waals surface area (Å²) in [5.74, 6) is 0.411. The monoisotopic (exact) mass is 212 g/mol. The minimum atomic E-state index is -0.443. The topological polar surface area (TPSA) is 38.7 Å². The molecule has 0 bridgehead atoms. The fourth-order valence-electron chi connectivity index (χ4n) is 2.38. The van der Waals surface area contributed by atoms with E-state index >= 15 is 0 Å². The summed E-state index contributed by atoms with van der Waals surface area (Å²) in [7, 11) is 0. The molecule has 2 aliphatic rings. The van der Waals surface area contributed by atoms with E-state index in [4.69, 9.17) is 9.47 Å². The van der Waals surface area contributed by atoms with Gasteiger partial charge in [-0.25, -0.2) is 0 Å². The maximum absolute atomic E-state index is 9.78. The molecule has 4 atom stereocenters. The Bertz CT molecular complexity index is 249. The van der Waals surface area contributed by atoms with E-state index in [1.807, 2.05) is 13.8 Å². The van der Waals surface area contributed by atoms with Crippen LogP contribution in [-0.4, -0.2) is 29.7 Å². The zero-order valence-electron chi connectivity index (χ0n) is 9.48. The Hall–Kier alpha value is -0.380. The Balaban J connectivity index is 1.82. The van der Waals surface area contributed by atoms with Crippen LogP contribution < -0.4 is 0 Å². The minimum absolute atomic E-state index is 0.171. The minimum Gasteiger partial charge on any atom is -0.393 e. The summed E-state index contributed by atoms with van der Waals surface area (Å²) >= 11 is 0. The molecule has 0 aromatic rings. The molecule has 3 heteroatoms. The molecule has 0 radical (unpaired) electrons. The average molecular weight is 212 g/mol. The second kappa shape index (κ2) is 3.89. The molecule has 3 nitrogen and oxygen atoms in total. The third kappa shape index (κ3) is 2.41. The molecule has 2 fully saturated rings. The first kappa shape index (κ1) is 11.1. The standard InChI is InChI=1S/C12H20O3/c1-4-5-10(13)8-6-9(8)11-7-14-12(2,3)15-11/h4,8-11,13H,1,5-7H2,2-3H3/t8-,9-,10?,11-/m1/s1. The first-order valence-electron chi connectivity index (χ1n) is 5.64. The van der Waals surface area contributed by atoms with Crippen molar-refractivity contribution >= 4 is 0 Å². The number of aliphatic hydroxyl groups excluding tert-OH is 1. The summed E-state index contributed by atoms with van der Waals surface area (Å²) in [5, 5.41) is 9.78. The lowest BCUT2D eigenvalue weighted by Crippen LogP contribution is -2.23. The predicted molar refractivity (Wildman–Crippen MR) is 57.3 cm³/mol. The van der Waals surface area contributed by atoms with Gasteiger partial charge in [0, 0.05) is 0 Å². The van der Waals surface area contributed by atoms with Gasteiger partial charge in [0.25, 0.3) is 0 Å². The average Bonchev–Trinajstić information content (AvgIpc) is 2.86. The van der Waals surface area contributed by atoms with E-state index in [1.165, 1.54) is 0 Å². The van der Waals surface area contributed by atoms with Crippen molar-refractivity contribution in [1.82, 2.24) is 0 Å². The summed E-state index contributed by atoms with van der Waals surface area (Å²) < 4.78 is 11.3. The van der Waals surface area contributed by atoms with Gasteiger partial charge in [-0.3, -0.25) is 0 Å². The molecule has 1 aliphatic carbocycles. The molecule has 1 aliphatic heterocycles. The Morgan fingerprint density at radius 1 is 1.60 bits per heavy atom. The van der Waals surface area contributed by atoms with Crippen molar-refractivity contribution in [2.75, 3.05) is 6.61 Å². The van der Waals surface area contributed by atoms with Crippen molar-refractivity contribution in [3.05, 3.63) is 12.7 Å². The van der Waals surface area contributed by atoms with Crippen molar-refractivity contribution in [3.8, 4) is 0 Å². The lowest BCUT2D eigenvalue weighted by molar-refractivity contribution is -0.141. The van der Waals surface area contributed by atoms with E-state index in [0.29, 0.717) is 24.9 Å². The van der Waals surface area contributed by atoms with E-state index in [-0.39, 0.29) is 12.2 Å². The number of hydrogen-bond donors (Lipinski definition) is 1. The normalized spacial score (nSPS) is 40.1. The Morgan fingerprint density at radius 3 is 2.87 bits per heavy atom. The summed E-state index contributed by atoms with van der Waals surface area (Å²) in [5.41, 5.74) is 0. The van der Waals surface area contributed by atoms with Crippen LogP contribution in [0.4, 0.5) is 0 Å². The molecule has 0 spiro atoms. The zero-order valence-corrected chi connectivity index (χ0v) is 9.48. The van der Waals surface area contributed by atoms with Crippen LogP contribution in [0.2, 0.25) is 0 Å². The highest BCUT2D eigenvalue weighted by Crippen LogP contribution is 2.48. The molecule has 0 amide bonds. The lowest BCUT2D eigenvalue weighted by Gasteiger charge is -2.17. The van der Waals surface area contributed by atoms with Crippen LogP contribution >= 0.6 is 0 Å². The largest absolute Gasteiger partial charge is 0.393 e. The fourth-order valence-corrected chi connectivity index (χ4v) is 2.38. The van der Waals surface area contributed by atoms with Crippen molar-refractivity contribution in [2.45, 2.75) is 44.7 Å². The number of ether oxygens (including phenoxy) is 2. The number of hydrogen-bond acceptors (Lipinski definition) is 3. The predicted octanol–water partition coefficient (Wildman–Crippen LogP) is 1.71. The van der Waals surface area contributed by atoms with Gasteiger partial charge in [-0.1, -0.05) is 6.08 Å². The van der Waals surface area contributed by atoms with Gasteiger partial charge in [0.15, 0.2) is 5.79 Å². The molecule has 1 unspecified atom stereocenters. The molecule has 1 heterocycles. The smallest absolute Gasteiger partial charge is 0.163 e. The molecule has 0 aromatic carbocycles. The van der Waals surface area contributed by atoms with E-state index in [1.54, 1.807) is 6.08 Å². The third-order valence-corrected chi connectivity index (χ3v) is 3.30. The van der Waals surface area contributed by atoms with Gasteiger partial charge in [0.2, 0.25) is 0 Å². The van der Waals surface area contributed by atoms with E-state index < -0.39 is 5.79 Å². The second-order valence-electron chi connectivity index (χ2n) is 5.02. The van der Waals surface area contributed by atoms with Gasteiger partial charge in [-0.2, -0.15) is 0 Å². The Morgan fingerprint density at radius 2 is 2.33 bits per heavy atom. The Kier molecular flexibility index (Phi) is 2.88. The molecular formula is C12H20O3. The van der Waals surface area contributed by atoms with Gasteiger partial charge >= 0.3 is 0 Å². The molecule has 1 saturated heterocycles. The number of rotatable bonds is 4. The summed E-state index contributed by atoms with van der Waals surface area (Å²) in [6, 6.07) is 0. The van der Waals surface area contributed by atoms with Gasteiger partial charge in [-0.05, 0) is 38.5 Å². The second-order valence-corrected chi connectivity index (χ2v) is 5.02. The molecule has 2 rings (SSSR count). The third-order valence-electron chi connectivity index (χ3n) is 3.30. The SMILES string of the molecule is C=CCC(O)[C@@H]1C[C@H]1[C@H]1COC(C)(C)O1. The van der Waals surface area contributed by atoms with Gasteiger partial charge in [0.05, 0.1) is 18.8 Å². The first-order chi connectivity index (χ1) is 7.03. The highest BCUT2D eigenvalue weighted by Gasteiger charge is 2.51. The molecule has 1 N–H and O–H groups in total. The van der Waals surface area contributed by atoms with Crippen molar-refractivity contribution < 1.29 is 14.6 Å². The van der Waals surface area contributed by atoms with Gasteiger partial charge < -0.3 is 14.6 Å². The zero-order chi connectivity index (χ0) is 11.1. The van der Waals surface area contributed by atoms with Crippen molar-refractivity contribution in [2.24, 2.45) is 11.8 Å². The highest BCUT2D eigenvalue weighted by molar-refractivity contribution is 4.99. The van der Waals surface area contributed by atoms with E-state index in [0.717, 1.165) is 6.42 Å². The molecule has 15 heavy (non-hydrogen) atoms. The molecule has 0 aromatic heterocycles. The molecular weight excluding hydrogens is 192 g/mol. The van der Waals surface area contributed by atoms with Crippen LogP contribution in [-0.2, 0) is 9.47 Å². The quantitative estimate of drug-likeness (QED) is 0.721. The van der Waals surface area contributed by atoms with Crippen LogP contribution in [0.25, 0.3) is 0 Å². The maximum atomic E-state index is 9.78. The van der Waals surface area contributed by atoms with E-state index in [9.17, 15) is 5.11 Å². The summed E-state index contributed by atoms with van der Waals surface area (Å²) in [6.07, 6.45) is 3.43. The molecule has 1 saturated carbocycles. The van der Waals surface area contributed by atoms with Gasteiger partial charge in [0.1, 0.15) is 0 Å². The van der Waals surface area contributed by atoms with Crippen LogP contribution in [0.1, 0.15) is 26.7 Å². The Labute approximate surface area is 91.1 Å². The van der Waals surface area contributed by atoms with Crippen LogP contribution in [0.3, 0.4) is 0 Å². The fraction of sp³-hybridized carbons (Fsp3) is 0.833. The summed E-state index contributed by atoms with van der Waals surface area (Å²) in [6.45, 7) is 8.17. The van der Waals surface area contributed by atoms with E-state index in [2.05, 4.69) is 6.58 Å². The van der Waals surface area contributed by atoms with Crippen molar-refractivity contribution in [1.29, 1.82) is 0 Å². The highest BCUT2D eigenvalue weighted by atomic mass is 16.7. The van der Waals surface area contributed by atoms with Crippen molar-refractivity contribution in [3.63, 3.8) is 0 Å². The van der Waals surface area contributed by atoms with Gasteiger partial charge in [-0.15, -0.1) is 6.58 Å². The maximum Gasteiger partial charge on any atom is 0.163 e. The lowest BCUT2D eigenvalue weighted by atomic mass is 10.1. The van der Waals surface area contributed by atoms with Crippen LogP contribution in [0, 0.1) is 11.8 Å².